The van der Waals surface area contributed by atoms with Crippen LogP contribution in [0.25, 0.3) is 0 Å². The summed E-state index contributed by atoms with van der Waals surface area (Å²) < 4.78 is 26.6. The Morgan fingerprint density at radius 1 is 1.35 bits per heavy atom. The van der Waals surface area contributed by atoms with Gasteiger partial charge in [0.1, 0.15) is 0 Å². The Bertz CT molecular complexity index is 336. The van der Waals surface area contributed by atoms with Crippen molar-refractivity contribution in [2.75, 3.05) is 26.2 Å². The van der Waals surface area contributed by atoms with Gasteiger partial charge in [0.25, 0.3) is 0 Å². The Morgan fingerprint density at radius 2 is 2.18 bits per heavy atom. The summed E-state index contributed by atoms with van der Waals surface area (Å²) in [5.74, 6) is 0.589. The van der Waals surface area contributed by atoms with Crippen LogP contribution in [0, 0.1) is 5.92 Å². The topological polar surface area (TPSA) is 49.4 Å². The highest BCUT2D eigenvalue weighted by Gasteiger charge is 2.36. The first-order valence-electron chi connectivity index (χ1n) is 6.84. The summed E-state index contributed by atoms with van der Waals surface area (Å²) >= 11 is 0. The van der Waals surface area contributed by atoms with Crippen LogP contribution in [-0.2, 0) is 10.0 Å². The molecule has 1 N–H and O–H groups in total. The van der Waals surface area contributed by atoms with Crippen LogP contribution in [-0.4, -0.2) is 44.2 Å². The Labute approximate surface area is 105 Å². The van der Waals surface area contributed by atoms with Gasteiger partial charge < -0.3 is 5.32 Å². The van der Waals surface area contributed by atoms with Gasteiger partial charge >= 0.3 is 0 Å². The summed E-state index contributed by atoms with van der Waals surface area (Å²) in [5.41, 5.74) is 0. The normalized spacial score (nSPS) is 31.8. The number of nitrogens with one attached hydrogen (secondary N) is 1. The number of nitrogens with zero attached hydrogens (tertiary/aromatic N) is 1. The summed E-state index contributed by atoms with van der Waals surface area (Å²) in [4.78, 5) is 0. The van der Waals surface area contributed by atoms with Crippen molar-refractivity contribution < 1.29 is 8.42 Å². The van der Waals surface area contributed by atoms with Crippen LogP contribution in [0.1, 0.15) is 39.0 Å². The quantitative estimate of drug-likeness (QED) is 0.826. The number of sulfonamides is 1. The van der Waals surface area contributed by atoms with Crippen LogP contribution in [0.15, 0.2) is 0 Å². The average Bonchev–Trinajstić information content (AvgIpc) is 2.80. The van der Waals surface area contributed by atoms with Crippen molar-refractivity contribution in [1.82, 2.24) is 9.62 Å². The van der Waals surface area contributed by atoms with Gasteiger partial charge in [-0.25, -0.2) is 12.7 Å². The van der Waals surface area contributed by atoms with Crippen molar-refractivity contribution in [3.8, 4) is 0 Å². The fourth-order valence-corrected chi connectivity index (χ4v) is 4.95. The van der Waals surface area contributed by atoms with E-state index in [0.717, 1.165) is 51.7 Å². The molecule has 0 aromatic heterocycles. The molecule has 2 heterocycles. The van der Waals surface area contributed by atoms with Crippen molar-refractivity contribution in [2.24, 2.45) is 5.92 Å². The molecular weight excluding hydrogens is 236 g/mol. The predicted octanol–water partition coefficient (Wildman–Crippen LogP) is 1.19. The molecule has 0 amide bonds. The molecule has 2 aliphatic rings. The molecule has 2 aliphatic heterocycles. The molecule has 0 aliphatic carbocycles. The van der Waals surface area contributed by atoms with E-state index in [0.29, 0.717) is 12.5 Å². The molecule has 17 heavy (non-hydrogen) atoms. The Kier molecular flexibility index (Phi) is 4.44. The molecule has 2 fully saturated rings. The van der Waals surface area contributed by atoms with E-state index in [9.17, 15) is 8.42 Å². The standard InChI is InChI=1S/C12H24N2O2S/c1-2-4-11-6-8-14(10-11)17(15,16)12-5-3-7-13-9-12/h11-13H,2-10H2,1H3. The Morgan fingerprint density at radius 3 is 2.82 bits per heavy atom. The van der Waals surface area contributed by atoms with Crippen molar-refractivity contribution in [2.45, 2.75) is 44.3 Å². The van der Waals surface area contributed by atoms with E-state index < -0.39 is 10.0 Å². The number of rotatable bonds is 4. The average molecular weight is 260 g/mol. The first-order valence-corrected chi connectivity index (χ1v) is 8.34. The van der Waals surface area contributed by atoms with E-state index in [-0.39, 0.29) is 5.25 Å². The molecule has 0 aromatic carbocycles. The molecule has 100 valence electrons. The molecule has 5 heteroatoms. The number of hydrogen-bond donors (Lipinski definition) is 1. The molecule has 4 nitrogen and oxygen atoms in total. The molecule has 0 bridgehead atoms. The van der Waals surface area contributed by atoms with E-state index in [4.69, 9.17) is 0 Å². The summed E-state index contributed by atoms with van der Waals surface area (Å²) in [6, 6.07) is 0. The lowest BCUT2D eigenvalue weighted by Gasteiger charge is -2.27. The van der Waals surface area contributed by atoms with Crippen LogP contribution in [0.2, 0.25) is 0 Å². The molecule has 0 saturated carbocycles. The van der Waals surface area contributed by atoms with Crippen molar-refractivity contribution >= 4 is 10.0 Å². The zero-order valence-electron chi connectivity index (χ0n) is 10.7. The molecule has 0 spiro atoms. The first kappa shape index (κ1) is 13.3. The summed E-state index contributed by atoms with van der Waals surface area (Å²) in [7, 11) is -3.04. The summed E-state index contributed by atoms with van der Waals surface area (Å²) in [6.07, 6.45) is 5.17. The molecule has 2 unspecified atom stereocenters. The monoisotopic (exact) mass is 260 g/mol. The van der Waals surface area contributed by atoms with Crippen LogP contribution >= 0.6 is 0 Å². The largest absolute Gasteiger partial charge is 0.315 e. The maximum absolute atomic E-state index is 12.4. The molecule has 0 aromatic rings. The van der Waals surface area contributed by atoms with E-state index in [1.54, 1.807) is 4.31 Å². The highest BCUT2D eigenvalue weighted by molar-refractivity contribution is 7.89. The lowest BCUT2D eigenvalue weighted by Crippen LogP contribution is -2.45. The fraction of sp³-hybridized carbons (Fsp3) is 1.00. The smallest absolute Gasteiger partial charge is 0.218 e. The lowest BCUT2D eigenvalue weighted by molar-refractivity contribution is 0.419. The molecule has 2 saturated heterocycles. The van der Waals surface area contributed by atoms with Gasteiger partial charge in [-0.3, -0.25) is 0 Å². The zero-order chi connectivity index (χ0) is 12.3. The molecular formula is C12H24N2O2S. The maximum Gasteiger partial charge on any atom is 0.218 e. The van der Waals surface area contributed by atoms with Gasteiger partial charge in [-0.2, -0.15) is 0 Å². The minimum absolute atomic E-state index is 0.184. The van der Waals surface area contributed by atoms with Crippen molar-refractivity contribution in [3.05, 3.63) is 0 Å². The minimum Gasteiger partial charge on any atom is -0.315 e. The van der Waals surface area contributed by atoms with Crippen LogP contribution in [0.4, 0.5) is 0 Å². The third-order valence-electron chi connectivity index (χ3n) is 3.98. The third kappa shape index (κ3) is 3.01. The fourth-order valence-electron chi connectivity index (χ4n) is 2.96. The van der Waals surface area contributed by atoms with Gasteiger partial charge in [0.2, 0.25) is 10.0 Å². The first-order chi connectivity index (χ1) is 8.14. The van der Waals surface area contributed by atoms with E-state index in [2.05, 4.69) is 12.2 Å². The second kappa shape index (κ2) is 5.67. The van der Waals surface area contributed by atoms with Crippen LogP contribution in [0.5, 0.6) is 0 Å². The van der Waals surface area contributed by atoms with E-state index in [1.165, 1.54) is 0 Å². The highest BCUT2D eigenvalue weighted by atomic mass is 32.2. The zero-order valence-corrected chi connectivity index (χ0v) is 11.5. The molecule has 2 rings (SSSR count). The van der Waals surface area contributed by atoms with Crippen molar-refractivity contribution in [3.63, 3.8) is 0 Å². The SMILES string of the molecule is CCCC1CCN(S(=O)(=O)C2CCCNC2)C1. The Balaban J connectivity index is 1.96. The maximum atomic E-state index is 12.4. The van der Waals surface area contributed by atoms with Gasteiger partial charge in [0.15, 0.2) is 0 Å². The molecule has 0 radical (unpaired) electrons. The third-order valence-corrected chi connectivity index (χ3v) is 6.27. The van der Waals surface area contributed by atoms with Crippen LogP contribution < -0.4 is 5.32 Å². The van der Waals surface area contributed by atoms with Gasteiger partial charge in [0, 0.05) is 19.6 Å². The highest BCUT2D eigenvalue weighted by Crippen LogP contribution is 2.26. The van der Waals surface area contributed by atoms with E-state index >= 15 is 0 Å². The van der Waals surface area contributed by atoms with Crippen molar-refractivity contribution in [1.29, 1.82) is 0 Å². The molecule has 2 atom stereocenters. The van der Waals surface area contributed by atoms with Gasteiger partial charge in [0.05, 0.1) is 5.25 Å². The lowest BCUT2D eigenvalue weighted by atomic mass is 10.0. The summed E-state index contributed by atoms with van der Waals surface area (Å²) in [6.45, 7) is 5.26. The predicted molar refractivity (Wildman–Crippen MR) is 69.4 cm³/mol. The second-order valence-corrected chi connectivity index (χ2v) is 7.53. The van der Waals surface area contributed by atoms with Gasteiger partial charge in [-0.1, -0.05) is 13.3 Å². The van der Waals surface area contributed by atoms with E-state index in [1.807, 2.05) is 0 Å². The van der Waals surface area contributed by atoms with Gasteiger partial charge in [-0.15, -0.1) is 0 Å². The minimum atomic E-state index is -3.04. The Hall–Kier alpha value is -0.130. The van der Waals surface area contributed by atoms with Crippen LogP contribution in [0.3, 0.4) is 0 Å². The number of hydrogen-bond acceptors (Lipinski definition) is 3. The number of piperidine rings is 1. The second-order valence-electron chi connectivity index (χ2n) is 5.31. The van der Waals surface area contributed by atoms with Gasteiger partial charge in [-0.05, 0) is 38.1 Å². The summed E-state index contributed by atoms with van der Waals surface area (Å²) in [5, 5.41) is 3.01.